The number of thiazole rings is 2. The fourth-order valence-corrected chi connectivity index (χ4v) is 5.79. The Hall–Kier alpha value is -2.14. The first-order valence-electron chi connectivity index (χ1n) is 8.64. The average Bonchev–Trinajstić information content (AvgIpc) is 3.47. The molecule has 0 saturated heterocycles. The van der Waals surface area contributed by atoms with Crippen molar-refractivity contribution < 1.29 is 4.79 Å². The number of nitrogens with zero attached hydrogens (tertiary/aromatic N) is 2. The smallest absolute Gasteiger partial charge is 0.267 e. The maximum atomic E-state index is 12.7. The van der Waals surface area contributed by atoms with Crippen LogP contribution in [0.25, 0.3) is 31.4 Å². The van der Waals surface area contributed by atoms with Crippen LogP contribution in [0.2, 0.25) is 0 Å². The minimum absolute atomic E-state index is 0.147. The van der Waals surface area contributed by atoms with E-state index in [1.54, 1.807) is 11.3 Å². The molecule has 5 aromatic rings. The van der Waals surface area contributed by atoms with Crippen LogP contribution in [0.1, 0.15) is 9.67 Å². The molecule has 29 heavy (non-hydrogen) atoms. The highest BCUT2D eigenvalue weighted by molar-refractivity contribution is 14.1. The summed E-state index contributed by atoms with van der Waals surface area (Å²) in [5, 5.41) is 6.40. The van der Waals surface area contributed by atoms with Crippen molar-refractivity contribution in [3.05, 3.63) is 74.5 Å². The van der Waals surface area contributed by atoms with E-state index >= 15 is 0 Å². The number of nitrogens with one attached hydrogen (secondary N) is 1. The van der Waals surface area contributed by atoms with Crippen molar-refractivity contribution >= 4 is 77.9 Å². The van der Waals surface area contributed by atoms with Gasteiger partial charge in [0.15, 0.2) is 5.13 Å². The van der Waals surface area contributed by atoms with Crippen LogP contribution in [0.5, 0.6) is 0 Å². The summed E-state index contributed by atoms with van der Waals surface area (Å²) in [6, 6.07) is 20.0. The fourth-order valence-electron chi connectivity index (χ4n) is 2.80. The summed E-state index contributed by atoms with van der Waals surface area (Å²) in [6.45, 7) is 0. The van der Waals surface area contributed by atoms with Crippen LogP contribution in [0.3, 0.4) is 0 Å². The quantitative estimate of drug-likeness (QED) is 0.247. The molecule has 3 aromatic heterocycles. The minimum Gasteiger partial charge on any atom is -0.297 e. The number of aromatic nitrogens is 2. The number of carbonyl (C=O) groups is 1. The largest absolute Gasteiger partial charge is 0.297 e. The molecular formula is C21H12IN3OS3. The molecule has 0 fully saturated rings. The first-order valence-corrected chi connectivity index (χ1v) is 12.2. The molecule has 0 saturated carbocycles. The number of carbonyl (C=O) groups excluding carboxylic acids is 1. The van der Waals surface area contributed by atoms with Gasteiger partial charge >= 0.3 is 0 Å². The maximum absolute atomic E-state index is 12.7. The Bertz CT molecular complexity index is 1290. The van der Waals surface area contributed by atoms with E-state index < -0.39 is 0 Å². The highest BCUT2D eigenvalue weighted by Gasteiger charge is 2.15. The second-order valence-corrected chi connectivity index (χ2v) is 10.4. The zero-order chi connectivity index (χ0) is 19.8. The van der Waals surface area contributed by atoms with Gasteiger partial charge in [-0.25, -0.2) is 9.97 Å². The van der Waals surface area contributed by atoms with Crippen molar-refractivity contribution in [1.82, 2.24) is 9.97 Å². The predicted octanol–water partition coefficient (Wildman–Crippen LogP) is 7.01. The summed E-state index contributed by atoms with van der Waals surface area (Å²) < 4.78 is 2.32. The van der Waals surface area contributed by atoms with Gasteiger partial charge in [-0.05, 0) is 59.0 Å². The third-order valence-corrected chi connectivity index (χ3v) is 7.97. The van der Waals surface area contributed by atoms with E-state index in [9.17, 15) is 4.79 Å². The number of halogens is 1. The monoisotopic (exact) mass is 545 g/mol. The Labute approximate surface area is 192 Å². The second-order valence-electron chi connectivity index (χ2n) is 6.15. The van der Waals surface area contributed by atoms with Crippen molar-refractivity contribution in [1.29, 1.82) is 0 Å². The molecule has 2 aromatic carbocycles. The molecule has 8 heteroatoms. The number of para-hydroxylation sites is 1. The molecule has 1 amide bonds. The van der Waals surface area contributed by atoms with Gasteiger partial charge in [0, 0.05) is 14.5 Å². The van der Waals surface area contributed by atoms with Crippen molar-refractivity contribution in [2.24, 2.45) is 0 Å². The molecule has 0 aliphatic heterocycles. The Balaban J connectivity index is 1.33. The number of fused-ring (bicyclic) bond motifs is 1. The van der Waals surface area contributed by atoms with Gasteiger partial charge in [0.25, 0.3) is 5.91 Å². The number of rotatable bonds is 4. The van der Waals surface area contributed by atoms with Gasteiger partial charge in [-0.3, -0.25) is 10.1 Å². The van der Waals surface area contributed by atoms with Crippen molar-refractivity contribution in [2.45, 2.75) is 0 Å². The van der Waals surface area contributed by atoms with Crippen LogP contribution in [0, 0.1) is 3.57 Å². The molecule has 1 N–H and O–H groups in total. The summed E-state index contributed by atoms with van der Waals surface area (Å²) in [5.41, 5.74) is 2.89. The second kappa shape index (κ2) is 7.94. The van der Waals surface area contributed by atoms with Gasteiger partial charge in [0.1, 0.15) is 5.01 Å². The van der Waals surface area contributed by atoms with E-state index in [2.05, 4.69) is 43.9 Å². The first kappa shape index (κ1) is 18.9. The summed E-state index contributed by atoms with van der Waals surface area (Å²) in [4.78, 5) is 23.5. The number of benzene rings is 2. The molecule has 0 bridgehead atoms. The summed E-state index contributed by atoms with van der Waals surface area (Å²) in [6.07, 6.45) is 0. The highest BCUT2D eigenvalue weighted by Crippen LogP contribution is 2.35. The van der Waals surface area contributed by atoms with Gasteiger partial charge in [0.05, 0.1) is 25.7 Å². The Morgan fingerprint density at radius 1 is 0.931 bits per heavy atom. The van der Waals surface area contributed by atoms with E-state index in [-0.39, 0.29) is 5.91 Å². The number of amides is 1. The van der Waals surface area contributed by atoms with Gasteiger partial charge < -0.3 is 0 Å². The number of anilines is 1. The molecule has 0 radical (unpaired) electrons. The van der Waals surface area contributed by atoms with Gasteiger partial charge in [0.2, 0.25) is 0 Å². The Morgan fingerprint density at radius 2 is 1.76 bits per heavy atom. The molecule has 142 valence electrons. The standard InChI is InChI=1S/C21H12IN3OS3/c22-13-7-5-12(6-8-13)15-11-27-21(24-15)25-19(26)17-9-10-18(28-17)20-23-14-3-1-2-4-16(14)29-20/h1-11H,(H,24,25,26). The normalized spacial score (nSPS) is 11.1. The summed E-state index contributed by atoms with van der Waals surface area (Å²) in [7, 11) is 0. The van der Waals surface area contributed by atoms with Gasteiger partial charge in [-0.15, -0.1) is 34.0 Å². The van der Waals surface area contributed by atoms with Crippen molar-refractivity contribution in [3.8, 4) is 21.1 Å². The van der Waals surface area contributed by atoms with Gasteiger partial charge in [-0.2, -0.15) is 0 Å². The molecule has 0 unspecified atom stereocenters. The maximum Gasteiger partial charge on any atom is 0.267 e. The zero-order valence-electron chi connectivity index (χ0n) is 14.8. The predicted molar refractivity (Wildman–Crippen MR) is 131 cm³/mol. The van der Waals surface area contributed by atoms with Crippen LogP contribution in [-0.4, -0.2) is 15.9 Å². The van der Waals surface area contributed by atoms with Crippen LogP contribution in [-0.2, 0) is 0 Å². The van der Waals surface area contributed by atoms with Crippen LogP contribution >= 0.6 is 56.6 Å². The number of hydrogen-bond acceptors (Lipinski definition) is 6. The fraction of sp³-hybridized carbons (Fsp3) is 0. The van der Waals surface area contributed by atoms with E-state index in [0.29, 0.717) is 10.0 Å². The van der Waals surface area contributed by atoms with Crippen molar-refractivity contribution in [2.75, 3.05) is 5.32 Å². The SMILES string of the molecule is O=C(Nc1nc(-c2ccc(I)cc2)cs1)c1ccc(-c2nc3ccccc3s2)s1. The topological polar surface area (TPSA) is 54.9 Å². The lowest BCUT2D eigenvalue weighted by atomic mass is 10.2. The molecule has 0 atom stereocenters. The third kappa shape index (κ3) is 3.97. The molecule has 3 heterocycles. The third-order valence-electron chi connectivity index (χ3n) is 4.20. The first-order chi connectivity index (χ1) is 14.2. The molecule has 0 spiro atoms. The minimum atomic E-state index is -0.147. The van der Waals surface area contributed by atoms with E-state index in [1.807, 2.05) is 60.0 Å². The highest BCUT2D eigenvalue weighted by atomic mass is 127. The van der Waals surface area contributed by atoms with Gasteiger partial charge in [-0.1, -0.05) is 24.3 Å². The van der Waals surface area contributed by atoms with Crippen LogP contribution in [0.4, 0.5) is 5.13 Å². The average molecular weight is 545 g/mol. The summed E-state index contributed by atoms with van der Waals surface area (Å²) >= 11 is 6.79. The molecule has 0 aliphatic carbocycles. The molecule has 4 nitrogen and oxygen atoms in total. The molecule has 0 aliphatic rings. The van der Waals surface area contributed by atoms with Crippen LogP contribution < -0.4 is 5.32 Å². The van der Waals surface area contributed by atoms with E-state index in [4.69, 9.17) is 0 Å². The lowest BCUT2D eigenvalue weighted by molar-refractivity contribution is 0.103. The lowest BCUT2D eigenvalue weighted by Crippen LogP contribution is -2.09. The van der Waals surface area contributed by atoms with Crippen LogP contribution in [0.15, 0.2) is 66.0 Å². The zero-order valence-corrected chi connectivity index (χ0v) is 19.4. The van der Waals surface area contributed by atoms with Crippen molar-refractivity contribution in [3.63, 3.8) is 0 Å². The van der Waals surface area contributed by atoms with E-state index in [0.717, 1.165) is 31.4 Å². The lowest BCUT2D eigenvalue weighted by Gasteiger charge is -1.99. The summed E-state index contributed by atoms with van der Waals surface area (Å²) in [5.74, 6) is -0.147. The number of hydrogen-bond donors (Lipinski definition) is 1. The Kier molecular flexibility index (Phi) is 5.17. The van der Waals surface area contributed by atoms with E-state index in [1.165, 1.54) is 26.2 Å². The molecule has 5 rings (SSSR count). The number of thiophene rings is 1. The molecular weight excluding hydrogens is 533 g/mol. The Morgan fingerprint density at radius 3 is 2.59 bits per heavy atom.